The second-order valence-corrected chi connectivity index (χ2v) is 7.38. The van der Waals surface area contributed by atoms with Crippen LogP contribution < -0.4 is 21.5 Å². The normalized spacial score (nSPS) is 17.2. The van der Waals surface area contributed by atoms with Crippen molar-refractivity contribution in [3.63, 3.8) is 0 Å². The molecule has 2 heterocycles. The molecular weight excluding hydrogens is 334 g/mol. The number of amides is 1. The van der Waals surface area contributed by atoms with Gasteiger partial charge in [0.15, 0.2) is 0 Å². The fraction of sp³-hybridized carbons (Fsp3) is 0.722. The SMILES string of the molecule is Cc1nc(N2CCOCC2)[nH]c(=O)c1CCC(=O)NC(C)(CN)C(C)C. The van der Waals surface area contributed by atoms with Crippen molar-refractivity contribution < 1.29 is 9.53 Å². The molecule has 1 aromatic heterocycles. The number of aryl methyl sites for hydroxylation is 1. The predicted molar refractivity (Wildman–Crippen MR) is 101 cm³/mol. The van der Waals surface area contributed by atoms with E-state index in [2.05, 4.69) is 15.3 Å². The van der Waals surface area contributed by atoms with Gasteiger partial charge in [0.1, 0.15) is 0 Å². The minimum atomic E-state index is -0.447. The summed E-state index contributed by atoms with van der Waals surface area (Å²) >= 11 is 0. The number of rotatable bonds is 7. The largest absolute Gasteiger partial charge is 0.378 e. The van der Waals surface area contributed by atoms with E-state index in [0.717, 1.165) is 0 Å². The maximum Gasteiger partial charge on any atom is 0.255 e. The Hall–Kier alpha value is -1.93. The number of nitrogens with one attached hydrogen (secondary N) is 2. The van der Waals surface area contributed by atoms with Crippen molar-refractivity contribution in [3.05, 3.63) is 21.6 Å². The standard InChI is InChI=1S/C18H31N5O3/c1-12(2)18(4,11-19)22-15(24)6-5-14-13(3)20-17(21-16(14)25)23-7-9-26-10-8-23/h12H,5-11,19H2,1-4H3,(H,22,24)(H,20,21,25). The van der Waals surface area contributed by atoms with E-state index in [0.29, 0.717) is 56.5 Å². The van der Waals surface area contributed by atoms with E-state index < -0.39 is 5.54 Å². The number of aromatic amines is 1. The summed E-state index contributed by atoms with van der Waals surface area (Å²) in [7, 11) is 0. The number of nitrogens with zero attached hydrogens (tertiary/aromatic N) is 2. The van der Waals surface area contributed by atoms with Crippen molar-refractivity contribution in [2.75, 3.05) is 37.7 Å². The minimum Gasteiger partial charge on any atom is -0.378 e. The Morgan fingerprint density at radius 2 is 2.08 bits per heavy atom. The molecule has 1 amide bonds. The summed E-state index contributed by atoms with van der Waals surface area (Å²) in [6, 6.07) is 0. The van der Waals surface area contributed by atoms with E-state index in [-0.39, 0.29) is 23.8 Å². The highest BCUT2D eigenvalue weighted by Gasteiger charge is 2.28. The number of morpholine rings is 1. The summed E-state index contributed by atoms with van der Waals surface area (Å²) in [6.07, 6.45) is 0.576. The topological polar surface area (TPSA) is 113 Å². The van der Waals surface area contributed by atoms with Gasteiger partial charge in [-0.25, -0.2) is 4.98 Å². The van der Waals surface area contributed by atoms with E-state index in [1.165, 1.54) is 0 Å². The fourth-order valence-corrected chi connectivity index (χ4v) is 2.87. The maximum absolute atomic E-state index is 12.5. The van der Waals surface area contributed by atoms with Gasteiger partial charge in [-0.3, -0.25) is 14.6 Å². The first-order valence-corrected chi connectivity index (χ1v) is 9.20. The Kier molecular flexibility index (Phi) is 6.77. The smallest absolute Gasteiger partial charge is 0.255 e. The molecule has 0 saturated carbocycles. The number of aromatic nitrogens is 2. The van der Waals surface area contributed by atoms with Crippen LogP contribution in [0.15, 0.2) is 4.79 Å². The molecule has 1 aliphatic rings. The molecule has 2 rings (SSSR count). The summed E-state index contributed by atoms with van der Waals surface area (Å²) in [5, 5.41) is 3.00. The van der Waals surface area contributed by atoms with Gasteiger partial charge in [0.25, 0.3) is 5.56 Å². The number of hydrogen-bond acceptors (Lipinski definition) is 6. The van der Waals surface area contributed by atoms with Gasteiger partial charge in [-0.15, -0.1) is 0 Å². The molecule has 0 bridgehead atoms. The second-order valence-electron chi connectivity index (χ2n) is 7.38. The van der Waals surface area contributed by atoms with Crippen LogP contribution in [0.25, 0.3) is 0 Å². The molecule has 0 radical (unpaired) electrons. The lowest BCUT2D eigenvalue weighted by atomic mass is 9.88. The molecule has 0 aliphatic carbocycles. The summed E-state index contributed by atoms with van der Waals surface area (Å²) in [4.78, 5) is 34.1. The molecular formula is C18H31N5O3. The van der Waals surface area contributed by atoms with E-state index in [1.54, 1.807) is 0 Å². The van der Waals surface area contributed by atoms with Gasteiger partial charge >= 0.3 is 0 Å². The second kappa shape index (κ2) is 8.64. The van der Waals surface area contributed by atoms with E-state index in [4.69, 9.17) is 10.5 Å². The lowest BCUT2D eigenvalue weighted by molar-refractivity contribution is -0.123. The summed E-state index contributed by atoms with van der Waals surface area (Å²) in [5.41, 5.74) is 6.39. The quantitative estimate of drug-likeness (QED) is 0.642. The van der Waals surface area contributed by atoms with Crippen LogP contribution in [-0.2, 0) is 16.0 Å². The molecule has 26 heavy (non-hydrogen) atoms. The molecule has 1 fully saturated rings. The Labute approximate surface area is 154 Å². The summed E-state index contributed by atoms with van der Waals surface area (Å²) in [6.45, 7) is 10.8. The van der Waals surface area contributed by atoms with Crippen LogP contribution in [-0.4, -0.2) is 54.3 Å². The Morgan fingerprint density at radius 3 is 2.62 bits per heavy atom. The third-order valence-corrected chi connectivity index (χ3v) is 5.25. The average Bonchev–Trinajstić information content (AvgIpc) is 2.61. The van der Waals surface area contributed by atoms with Crippen LogP contribution in [0.1, 0.15) is 38.4 Å². The molecule has 146 valence electrons. The molecule has 1 aromatic rings. The van der Waals surface area contributed by atoms with Gasteiger partial charge in [0, 0.05) is 37.3 Å². The van der Waals surface area contributed by atoms with Gasteiger partial charge in [0.05, 0.1) is 18.8 Å². The number of ether oxygens (including phenoxy) is 1. The first kappa shape index (κ1) is 20.4. The van der Waals surface area contributed by atoms with Crippen molar-refractivity contribution in [1.29, 1.82) is 0 Å². The van der Waals surface area contributed by atoms with E-state index >= 15 is 0 Å². The van der Waals surface area contributed by atoms with E-state index in [9.17, 15) is 9.59 Å². The molecule has 0 spiro atoms. The molecule has 0 aromatic carbocycles. The van der Waals surface area contributed by atoms with Crippen molar-refractivity contribution in [1.82, 2.24) is 15.3 Å². The molecule has 8 nitrogen and oxygen atoms in total. The lowest BCUT2D eigenvalue weighted by Crippen LogP contribution is -2.55. The van der Waals surface area contributed by atoms with Crippen molar-refractivity contribution >= 4 is 11.9 Å². The highest BCUT2D eigenvalue weighted by atomic mass is 16.5. The third-order valence-electron chi connectivity index (χ3n) is 5.25. The fourth-order valence-electron chi connectivity index (χ4n) is 2.87. The average molecular weight is 365 g/mol. The highest BCUT2D eigenvalue weighted by Crippen LogP contribution is 2.16. The number of carbonyl (C=O) groups excluding carboxylic acids is 1. The van der Waals surface area contributed by atoms with Crippen molar-refractivity contribution in [3.8, 4) is 0 Å². The van der Waals surface area contributed by atoms with Crippen LogP contribution in [0.5, 0.6) is 0 Å². The predicted octanol–water partition coefficient (Wildman–Crippen LogP) is 0.337. The number of H-pyrrole nitrogens is 1. The van der Waals surface area contributed by atoms with Crippen LogP contribution >= 0.6 is 0 Å². The Bertz CT molecular complexity index is 682. The number of hydrogen-bond donors (Lipinski definition) is 3. The Morgan fingerprint density at radius 1 is 1.42 bits per heavy atom. The molecule has 1 saturated heterocycles. The Balaban J connectivity index is 2.03. The zero-order valence-electron chi connectivity index (χ0n) is 16.2. The van der Waals surface area contributed by atoms with Crippen molar-refractivity contribution in [2.45, 2.75) is 46.1 Å². The molecule has 4 N–H and O–H groups in total. The zero-order chi connectivity index (χ0) is 19.3. The van der Waals surface area contributed by atoms with Gasteiger partial charge in [-0.2, -0.15) is 0 Å². The number of carbonyl (C=O) groups is 1. The van der Waals surface area contributed by atoms with Crippen LogP contribution in [0.4, 0.5) is 5.95 Å². The zero-order valence-corrected chi connectivity index (χ0v) is 16.2. The first-order valence-electron chi connectivity index (χ1n) is 9.20. The van der Waals surface area contributed by atoms with Gasteiger partial charge < -0.3 is 20.7 Å². The van der Waals surface area contributed by atoms with E-state index in [1.807, 2.05) is 32.6 Å². The monoisotopic (exact) mass is 365 g/mol. The highest BCUT2D eigenvalue weighted by molar-refractivity contribution is 5.77. The first-order chi connectivity index (χ1) is 12.3. The molecule has 1 unspecified atom stereocenters. The van der Waals surface area contributed by atoms with Crippen LogP contribution in [0.3, 0.4) is 0 Å². The third kappa shape index (κ3) is 4.82. The maximum atomic E-state index is 12.5. The van der Waals surface area contributed by atoms with Crippen LogP contribution in [0, 0.1) is 12.8 Å². The molecule has 8 heteroatoms. The van der Waals surface area contributed by atoms with Gasteiger partial charge in [-0.05, 0) is 26.2 Å². The number of nitrogens with two attached hydrogens (primary N) is 1. The molecule has 1 aliphatic heterocycles. The van der Waals surface area contributed by atoms with Crippen molar-refractivity contribution in [2.24, 2.45) is 11.7 Å². The molecule has 1 atom stereocenters. The summed E-state index contributed by atoms with van der Waals surface area (Å²) < 4.78 is 5.32. The minimum absolute atomic E-state index is 0.109. The summed E-state index contributed by atoms with van der Waals surface area (Å²) in [5.74, 6) is 0.679. The van der Waals surface area contributed by atoms with Gasteiger partial charge in [-0.1, -0.05) is 13.8 Å². The lowest BCUT2D eigenvalue weighted by Gasteiger charge is -2.33. The van der Waals surface area contributed by atoms with Crippen LogP contribution in [0.2, 0.25) is 0 Å². The van der Waals surface area contributed by atoms with Gasteiger partial charge in [0.2, 0.25) is 11.9 Å². The number of anilines is 1.